The van der Waals surface area contributed by atoms with Gasteiger partial charge in [-0.3, -0.25) is 4.21 Å². The van der Waals surface area contributed by atoms with Gasteiger partial charge in [-0.05, 0) is 59.1 Å². The highest BCUT2D eigenvalue weighted by Gasteiger charge is 2.33. The Morgan fingerprint density at radius 2 is 1.83 bits per heavy atom. The maximum Gasteiger partial charge on any atom is 0.0536 e. The molecule has 3 unspecified atom stereocenters. The molecule has 116 valence electrons. The van der Waals surface area contributed by atoms with Gasteiger partial charge in [-0.2, -0.15) is 0 Å². The first-order valence-electron chi connectivity index (χ1n) is 8.61. The molecule has 2 heteroatoms. The fourth-order valence-corrected chi connectivity index (χ4v) is 6.39. The summed E-state index contributed by atoms with van der Waals surface area (Å²) in [6.07, 6.45) is 7.83. The summed E-state index contributed by atoms with van der Waals surface area (Å²) in [7, 11) is -0.639. The van der Waals surface area contributed by atoms with Crippen LogP contribution < -0.4 is 0 Å². The van der Waals surface area contributed by atoms with Crippen molar-refractivity contribution < 1.29 is 4.21 Å². The molecule has 2 aromatic carbocycles. The fraction of sp³-hybridized carbons (Fsp3) is 0.333. The average Bonchev–Trinajstić information content (AvgIpc) is 2.92. The van der Waals surface area contributed by atoms with Crippen LogP contribution >= 0.6 is 0 Å². The van der Waals surface area contributed by atoms with E-state index in [1.807, 2.05) is 0 Å². The molecule has 2 heterocycles. The lowest BCUT2D eigenvalue weighted by molar-refractivity contribution is 0.579. The van der Waals surface area contributed by atoms with Gasteiger partial charge in [0.15, 0.2) is 0 Å². The Balaban J connectivity index is 1.54. The van der Waals surface area contributed by atoms with Gasteiger partial charge in [0.1, 0.15) is 0 Å². The van der Waals surface area contributed by atoms with E-state index in [4.69, 9.17) is 0 Å². The number of benzene rings is 2. The summed E-state index contributed by atoms with van der Waals surface area (Å²) in [5.74, 6) is 0. The van der Waals surface area contributed by atoms with Gasteiger partial charge in [-0.15, -0.1) is 0 Å². The maximum atomic E-state index is 12.4. The number of fused-ring (bicyclic) bond motifs is 5. The molecule has 23 heavy (non-hydrogen) atoms. The molecule has 1 saturated heterocycles. The molecule has 1 nitrogen and oxygen atoms in total. The summed E-state index contributed by atoms with van der Waals surface area (Å²) in [6.45, 7) is 0. The Hall–Kier alpha value is -1.67. The number of hydrogen-bond acceptors (Lipinski definition) is 1. The summed E-state index contributed by atoms with van der Waals surface area (Å²) in [5, 5.41) is 0.683. The van der Waals surface area contributed by atoms with Gasteiger partial charge in [-0.25, -0.2) is 0 Å². The molecular weight excluding hydrogens is 300 g/mol. The summed E-state index contributed by atoms with van der Waals surface area (Å²) < 4.78 is 12.4. The Morgan fingerprint density at radius 1 is 0.957 bits per heavy atom. The minimum Gasteiger partial charge on any atom is -0.259 e. The van der Waals surface area contributed by atoms with E-state index in [9.17, 15) is 4.21 Å². The summed E-state index contributed by atoms with van der Waals surface area (Å²) in [6, 6.07) is 15.7. The summed E-state index contributed by atoms with van der Waals surface area (Å²) >= 11 is 0. The Labute approximate surface area is 139 Å². The molecule has 0 aromatic heterocycles. The van der Waals surface area contributed by atoms with Crippen molar-refractivity contribution in [1.29, 1.82) is 0 Å². The van der Waals surface area contributed by atoms with Crippen LogP contribution in [-0.2, 0) is 17.2 Å². The van der Waals surface area contributed by atoms with Crippen molar-refractivity contribution in [1.82, 2.24) is 0 Å². The molecule has 3 atom stereocenters. The van der Waals surface area contributed by atoms with Gasteiger partial charge in [-0.1, -0.05) is 55.0 Å². The van der Waals surface area contributed by atoms with Gasteiger partial charge in [0.2, 0.25) is 0 Å². The highest BCUT2D eigenvalue weighted by molar-refractivity contribution is 7.86. The van der Waals surface area contributed by atoms with Crippen LogP contribution in [0.2, 0.25) is 0 Å². The van der Waals surface area contributed by atoms with Gasteiger partial charge >= 0.3 is 0 Å². The minimum atomic E-state index is -0.639. The molecule has 2 aliphatic heterocycles. The maximum absolute atomic E-state index is 12.4. The van der Waals surface area contributed by atoms with Crippen molar-refractivity contribution in [3.63, 3.8) is 0 Å². The molecule has 1 fully saturated rings. The van der Waals surface area contributed by atoms with Crippen LogP contribution in [-0.4, -0.2) is 14.7 Å². The van der Waals surface area contributed by atoms with E-state index in [1.54, 1.807) is 0 Å². The van der Waals surface area contributed by atoms with Crippen LogP contribution in [0, 0.1) is 0 Å². The first-order chi connectivity index (χ1) is 11.3. The largest absolute Gasteiger partial charge is 0.259 e. The van der Waals surface area contributed by atoms with E-state index in [0.29, 0.717) is 10.5 Å². The quantitative estimate of drug-likeness (QED) is 0.634. The first kappa shape index (κ1) is 13.7. The third kappa shape index (κ3) is 2.15. The third-order valence-corrected chi connectivity index (χ3v) is 7.67. The second kappa shape index (κ2) is 5.17. The van der Waals surface area contributed by atoms with Crippen LogP contribution in [0.15, 0.2) is 48.5 Å². The minimum absolute atomic E-state index is 0.294. The van der Waals surface area contributed by atoms with Crippen molar-refractivity contribution in [3.8, 4) is 11.1 Å². The van der Waals surface area contributed by atoms with Gasteiger partial charge in [0.05, 0.1) is 5.25 Å². The van der Waals surface area contributed by atoms with E-state index < -0.39 is 10.8 Å². The Bertz CT molecular complexity index is 849. The molecule has 1 aliphatic carbocycles. The molecule has 3 aliphatic rings. The molecule has 0 saturated carbocycles. The second-order valence-corrected chi connectivity index (χ2v) is 8.95. The highest BCUT2D eigenvalue weighted by Crippen LogP contribution is 2.41. The Morgan fingerprint density at radius 3 is 2.74 bits per heavy atom. The van der Waals surface area contributed by atoms with E-state index in [0.717, 1.165) is 25.7 Å². The standard InChI is InChI=1S/C21H20OS/c22-23-18-5-3-6-19(23)13-16(12-18)14-8-9-21-17(10-14)11-15-4-1-2-7-20(15)21/h1-2,4,7-10,12,18-19H,3,5-6,11,13H2. The van der Waals surface area contributed by atoms with Gasteiger partial charge < -0.3 is 0 Å². The number of allylic oxidation sites excluding steroid dienone is 1. The lowest BCUT2D eigenvalue weighted by Crippen LogP contribution is -2.33. The molecule has 0 radical (unpaired) electrons. The van der Waals surface area contributed by atoms with Gasteiger partial charge in [0, 0.05) is 16.0 Å². The number of rotatable bonds is 1. The van der Waals surface area contributed by atoms with Crippen LogP contribution in [0.4, 0.5) is 0 Å². The zero-order chi connectivity index (χ0) is 15.4. The summed E-state index contributed by atoms with van der Waals surface area (Å²) in [5.41, 5.74) is 8.45. The average molecular weight is 320 g/mol. The molecular formula is C21H20OS. The predicted molar refractivity (Wildman–Crippen MR) is 96.8 cm³/mol. The van der Waals surface area contributed by atoms with Crippen LogP contribution in [0.25, 0.3) is 16.7 Å². The second-order valence-electron chi connectivity index (χ2n) is 7.02. The SMILES string of the molecule is O=S1C2C=C(c3ccc4c(c3)Cc3ccccc3-4)CC1CCC2. The predicted octanol–water partition coefficient (Wildman–Crippen LogP) is 4.71. The Kier molecular flexibility index (Phi) is 3.09. The highest BCUT2D eigenvalue weighted by atomic mass is 32.2. The van der Waals surface area contributed by atoms with Gasteiger partial charge in [0.25, 0.3) is 0 Å². The third-order valence-electron chi connectivity index (χ3n) is 5.64. The van der Waals surface area contributed by atoms with Crippen molar-refractivity contribution in [2.24, 2.45) is 0 Å². The lowest BCUT2D eigenvalue weighted by Gasteiger charge is -2.33. The number of hydrogen-bond donors (Lipinski definition) is 0. The molecule has 2 bridgehead atoms. The zero-order valence-electron chi connectivity index (χ0n) is 13.1. The van der Waals surface area contributed by atoms with E-state index in [1.165, 1.54) is 39.8 Å². The monoisotopic (exact) mass is 320 g/mol. The molecule has 0 spiro atoms. The lowest BCUT2D eigenvalue weighted by atomic mass is 9.91. The molecule has 0 N–H and O–H groups in total. The molecule has 2 aromatic rings. The smallest absolute Gasteiger partial charge is 0.0536 e. The topological polar surface area (TPSA) is 17.1 Å². The molecule has 5 rings (SSSR count). The fourth-order valence-electron chi connectivity index (χ4n) is 4.46. The van der Waals surface area contributed by atoms with Crippen molar-refractivity contribution in [3.05, 3.63) is 65.2 Å². The van der Waals surface area contributed by atoms with Crippen LogP contribution in [0.3, 0.4) is 0 Å². The van der Waals surface area contributed by atoms with Crippen LogP contribution in [0.1, 0.15) is 42.4 Å². The summed E-state index contributed by atoms with van der Waals surface area (Å²) in [4.78, 5) is 0. The van der Waals surface area contributed by atoms with Crippen molar-refractivity contribution >= 4 is 16.4 Å². The van der Waals surface area contributed by atoms with E-state index in [-0.39, 0.29) is 0 Å². The normalized spacial score (nSPS) is 28.0. The zero-order valence-corrected chi connectivity index (χ0v) is 13.9. The molecule has 0 amide bonds. The first-order valence-corrected chi connectivity index (χ1v) is 9.89. The van der Waals surface area contributed by atoms with E-state index >= 15 is 0 Å². The van der Waals surface area contributed by atoms with Crippen molar-refractivity contribution in [2.45, 2.75) is 42.6 Å². The van der Waals surface area contributed by atoms with Crippen molar-refractivity contribution in [2.75, 3.05) is 0 Å². The van der Waals surface area contributed by atoms with E-state index in [2.05, 4.69) is 48.5 Å². The van der Waals surface area contributed by atoms with Crippen LogP contribution in [0.5, 0.6) is 0 Å².